The molecule has 0 radical (unpaired) electrons. The Morgan fingerprint density at radius 2 is 1.95 bits per heavy atom. The van der Waals surface area contributed by atoms with Gasteiger partial charge in [-0.05, 0) is 42.9 Å². The van der Waals surface area contributed by atoms with Crippen LogP contribution >= 0.6 is 11.6 Å². The van der Waals surface area contributed by atoms with Gasteiger partial charge in [-0.3, -0.25) is 4.21 Å². The lowest BCUT2D eigenvalue weighted by Gasteiger charge is -2.16. The number of halogens is 1. The fraction of sp³-hybridized carbons (Fsp3) is 0.250. The number of ether oxygens (including phenoxy) is 1. The first-order valence-corrected chi connectivity index (χ1v) is 8.29. The molecule has 2 aromatic rings. The molecule has 2 aromatic carbocycles. The third-order valence-electron chi connectivity index (χ3n) is 3.24. The molecule has 0 spiro atoms. The van der Waals surface area contributed by atoms with Gasteiger partial charge >= 0.3 is 0 Å². The van der Waals surface area contributed by atoms with Crippen molar-refractivity contribution in [2.24, 2.45) is 0 Å². The maximum absolute atomic E-state index is 12.5. The molecular weight excluding hydrogens is 306 g/mol. The summed E-state index contributed by atoms with van der Waals surface area (Å²) in [5.41, 5.74) is 1.08. The standard InChI is InChI=1S/C16H18ClNO2S/c1-18-16(12-6-8-14(20-2)9-7-12)11-21(19)15-5-3-4-13(17)10-15/h3-10,16,18H,11H2,1-2H3. The molecule has 0 aliphatic rings. The van der Waals surface area contributed by atoms with Crippen LogP contribution < -0.4 is 10.1 Å². The van der Waals surface area contributed by atoms with E-state index in [1.807, 2.05) is 43.4 Å². The van der Waals surface area contributed by atoms with Crippen molar-refractivity contribution >= 4 is 22.4 Å². The largest absolute Gasteiger partial charge is 0.497 e. The third-order valence-corrected chi connectivity index (χ3v) is 4.89. The van der Waals surface area contributed by atoms with Gasteiger partial charge in [0.15, 0.2) is 0 Å². The Morgan fingerprint density at radius 3 is 2.52 bits per heavy atom. The molecule has 2 rings (SSSR count). The van der Waals surface area contributed by atoms with Crippen LogP contribution in [0.4, 0.5) is 0 Å². The first-order valence-electron chi connectivity index (χ1n) is 6.59. The highest BCUT2D eigenvalue weighted by atomic mass is 35.5. The van der Waals surface area contributed by atoms with Gasteiger partial charge in [0.1, 0.15) is 5.75 Å². The molecule has 2 atom stereocenters. The lowest BCUT2D eigenvalue weighted by atomic mass is 10.1. The van der Waals surface area contributed by atoms with Crippen LogP contribution in [-0.4, -0.2) is 24.1 Å². The van der Waals surface area contributed by atoms with Crippen LogP contribution in [0.25, 0.3) is 0 Å². The Bertz CT molecular complexity index is 616. The molecule has 2 unspecified atom stereocenters. The molecule has 5 heteroatoms. The van der Waals surface area contributed by atoms with E-state index in [1.54, 1.807) is 19.2 Å². The zero-order valence-electron chi connectivity index (χ0n) is 12.0. The van der Waals surface area contributed by atoms with Gasteiger partial charge in [0.2, 0.25) is 0 Å². The highest BCUT2D eigenvalue weighted by Gasteiger charge is 2.15. The average molecular weight is 324 g/mol. The summed E-state index contributed by atoms with van der Waals surface area (Å²) in [5.74, 6) is 1.30. The van der Waals surface area contributed by atoms with E-state index < -0.39 is 10.8 Å². The van der Waals surface area contributed by atoms with E-state index in [-0.39, 0.29) is 6.04 Å². The first kappa shape index (κ1) is 16.0. The van der Waals surface area contributed by atoms with Gasteiger partial charge in [-0.1, -0.05) is 29.8 Å². The van der Waals surface area contributed by atoms with Crippen molar-refractivity contribution in [3.63, 3.8) is 0 Å². The van der Waals surface area contributed by atoms with Crippen molar-refractivity contribution < 1.29 is 8.95 Å². The lowest BCUT2D eigenvalue weighted by Crippen LogP contribution is -2.22. The second-order valence-electron chi connectivity index (χ2n) is 4.58. The molecule has 1 N–H and O–H groups in total. The molecule has 3 nitrogen and oxygen atoms in total. The number of rotatable bonds is 6. The smallest absolute Gasteiger partial charge is 0.118 e. The lowest BCUT2D eigenvalue weighted by molar-refractivity contribution is 0.414. The topological polar surface area (TPSA) is 38.3 Å². The quantitative estimate of drug-likeness (QED) is 0.885. The van der Waals surface area contributed by atoms with Gasteiger partial charge in [0.25, 0.3) is 0 Å². The Hall–Kier alpha value is -1.36. The number of benzene rings is 2. The molecular formula is C16H18ClNO2S. The van der Waals surface area contributed by atoms with Crippen molar-refractivity contribution in [3.05, 3.63) is 59.1 Å². The van der Waals surface area contributed by atoms with E-state index in [9.17, 15) is 4.21 Å². The van der Waals surface area contributed by atoms with Crippen LogP contribution in [0.1, 0.15) is 11.6 Å². The summed E-state index contributed by atoms with van der Waals surface area (Å²) in [7, 11) is 2.39. The summed E-state index contributed by atoms with van der Waals surface area (Å²) in [6, 6.07) is 15.0. The Balaban J connectivity index is 2.12. The molecule has 112 valence electrons. The SMILES string of the molecule is CNC(CS(=O)c1cccc(Cl)c1)c1ccc(OC)cc1. The molecule has 0 heterocycles. The van der Waals surface area contributed by atoms with Crippen molar-refractivity contribution in [2.75, 3.05) is 19.9 Å². The Kier molecular flexibility index (Phi) is 5.79. The van der Waals surface area contributed by atoms with Crippen LogP contribution in [-0.2, 0) is 10.8 Å². The second kappa shape index (κ2) is 7.59. The van der Waals surface area contributed by atoms with E-state index in [2.05, 4.69) is 5.32 Å². The molecule has 0 bridgehead atoms. The van der Waals surface area contributed by atoms with Gasteiger partial charge in [0, 0.05) is 21.7 Å². The first-order chi connectivity index (χ1) is 10.1. The molecule has 0 aromatic heterocycles. The van der Waals surface area contributed by atoms with Gasteiger partial charge in [-0.25, -0.2) is 0 Å². The second-order valence-corrected chi connectivity index (χ2v) is 6.52. The van der Waals surface area contributed by atoms with E-state index in [0.717, 1.165) is 16.2 Å². The van der Waals surface area contributed by atoms with Gasteiger partial charge < -0.3 is 10.1 Å². The highest BCUT2D eigenvalue weighted by Crippen LogP contribution is 2.21. The summed E-state index contributed by atoms with van der Waals surface area (Å²) < 4.78 is 17.6. The van der Waals surface area contributed by atoms with Crippen molar-refractivity contribution in [2.45, 2.75) is 10.9 Å². The Labute approximate surface area is 132 Å². The summed E-state index contributed by atoms with van der Waals surface area (Å²) in [4.78, 5) is 0.747. The maximum Gasteiger partial charge on any atom is 0.118 e. The summed E-state index contributed by atoms with van der Waals surface area (Å²) in [6.07, 6.45) is 0. The number of nitrogens with one attached hydrogen (secondary N) is 1. The Morgan fingerprint density at radius 1 is 1.24 bits per heavy atom. The fourth-order valence-corrected chi connectivity index (χ4v) is 3.64. The van der Waals surface area contributed by atoms with Crippen molar-refractivity contribution in [3.8, 4) is 5.75 Å². The minimum atomic E-state index is -1.11. The molecule has 0 amide bonds. The van der Waals surface area contributed by atoms with E-state index in [1.165, 1.54) is 0 Å². The highest BCUT2D eigenvalue weighted by molar-refractivity contribution is 7.85. The van der Waals surface area contributed by atoms with Gasteiger partial charge in [0.05, 0.1) is 17.9 Å². The molecule has 0 fully saturated rings. The molecule has 0 saturated heterocycles. The van der Waals surface area contributed by atoms with Crippen LogP contribution in [0.2, 0.25) is 5.02 Å². The van der Waals surface area contributed by atoms with E-state index in [4.69, 9.17) is 16.3 Å². The van der Waals surface area contributed by atoms with Crippen molar-refractivity contribution in [1.29, 1.82) is 0 Å². The normalized spacial score (nSPS) is 13.7. The predicted octanol–water partition coefficient (Wildman–Crippen LogP) is 3.42. The number of hydrogen-bond acceptors (Lipinski definition) is 3. The minimum Gasteiger partial charge on any atom is -0.497 e. The predicted molar refractivity (Wildman–Crippen MR) is 87.5 cm³/mol. The summed E-state index contributed by atoms with van der Waals surface area (Å²) >= 11 is 5.95. The minimum absolute atomic E-state index is 0.00993. The van der Waals surface area contributed by atoms with Gasteiger partial charge in [-0.2, -0.15) is 0 Å². The van der Waals surface area contributed by atoms with Crippen LogP contribution in [0.5, 0.6) is 5.75 Å². The molecule has 21 heavy (non-hydrogen) atoms. The summed E-state index contributed by atoms with van der Waals surface area (Å²) in [6.45, 7) is 0. The average Bonchev–Trinajstić information content (AvgIpc) is 2.52. The van der Waals surface area contributed by atoms with Crippen LogP contribution in [0.15, 0.2) is 53.4 Å². The van der Waals surface area contributed by atoms with E-state index >= 15 is 0 Å². The molecule has 0 aliphatic carbocycles. The fourth-order valence-electron chi connectivity index (χ4n) is 2.04. The number of hydrogen-bond donors (Lipinski definition) is 1. The summed E-state index contributed by atoms with van der Waals surface area (Å²) in [5, 5.41) is 3.81. The van der Waals surface area contributed by atoms with Crippen molar-refractivity contribution in [1.82, 2.24) is 5.32 Å². The van der Waals surface area contributed by atoms with Crippen LogP contribution in [0, 0.1) is 0 Å². The van der Waals surface area contributed by atoms with E-state index in [0.29, 0.717) is 10.8 Å². The number of methoxy groups -OCH3 is 1. The zero-order chi connectivity index (χ0) is 15.2. The monoisotopic (exact) mass is 323 g/mol. The van der Waals surface area contributed by atoms with Crippen LogP contribution in [0.3, 0.4) is 0 Å². The maximum atomic E-state index is 12.5. The third kappa shape index (κ3) is 4.30. The molecule has 0 saturated carbocycles. The van der Waals surface area contributed by atoms with Gasteiger partial charge in [-0.15, -0.1) is 0 Å². The zero-order valence-corrected chi connectivity index (χ0v) is 13.6. The molecule has 0 aliphatic heterocycles.